The fourth-order valence-electron chi connectivity index (χ4n) is 3.35. The van der Waals surface area contributed by atoms with Crippen molar-refractivity contribution in [1.82, 2.24) is 0 Å². The number of hydrogen-bond donors (Lipinski definition) is 1. The number of amidine groups is 1. The van der Waals surface area contributed by atoms with Crippen molar-refractivity contribution in [2.24, 2.45) is 10.9 Å². The summed E-state index contributed by atoms with van der Waals surface area (Å²) < 4.78 is 5.64. The van der Waals surface area contributed by atoms with E-state index < -0.39 is 5.97 Å². The smallest absolute Gasteiger partial charge is 0.365 e. The standard InChI is InChI=1S/C23H23N3O3/c1-4-28-21-11-10-18-19(21)6-5-7-20(18)22(25)26-29-23(27)15-8-9-17(14(2)3)16(12-15)13-24/h5-9,11-12,14H,4,10H2,1-3H3,(H2,25,26). The van der Waals surface area contributed by atoms with Crippen LogP contribution in [-0.2, 0) is 16.0 Å². The number of rotatable bonds is 6. The van der Waals surface area contributed by atoms with E-state index in [4.69, 9.17) is 15.3 Å². The van der Waals surface area contributed by atoms with Gasteiger partial charge in [-0.3, -0.25) is 0 Å². The van der Waals surface area contributed by atoms with E-state index in [1.54, 1.807) is 12.1 Å². The van der Waals surface area contributed by atoms with E-state index in [1.165, 1.54) is 6.07 Å². The zero-order valence-corrected chi connectivity index (χ0v) is 16.7. The fraction of sp³-hybridized carbons (Fsp3) is 0.261. The Morgan fingerprint density at radius 1 is 1.31 bits per heavy atom. The first-order valence-electron chi connectivity index (χ1n) is 9.50. The third kappa shape index (κ3) is 4.14. The van der Waals surface area contributed by atoms with Gasteiger partial charge in [-0.25, -0.2) is 4.79 Å². The van der Waals surface area contributed by atoms with Crippen LogP contribution in [0.15, 0.2) is 47.6 Å². The van der Waals surface area contributed by atoms with Gasteiger partial charge in [0.25, 0.3) is 0 Å². The number of nitrogens with zero attached hydrogens (tertiary/aromatic N) is 2. The lowest BCUT2D eigenvalue weighted by molar-refractivity contribution is 0.0516. The van der Waals surface area contributed by atoms with Crippen LogP contribution in [0.1, 0.15) is 64.9 Å². The topological polar surface area (TPSA) is 97.7 Å². The molecule has 0 bridgehead atoms. The second-order valence-electron chi connectivity index (χ2n) is 6.96. The van der Waals surface area contributed by atoms with Crippen LogP contribution in [0.25, 0.3) is 5.76 Å². The van der Waals surface area contributed by atoms with Gasteiger partial charge in [-0.15, -0.1) is 0 Å². The molecular weight excluding hydrogens is 366 g/mol. The van der Waals surface area contributed by atoms with Gasteiger partial charge in [0.1, 0.15) is 5.76 Å². The van der Waals surface area contributed by atoms with Gasteiger partial charge in [-0.2, -0.15) is 5.26 Å². The predicted octanol–water partition coefficient (Wildman–Crippen LogP) is 4.09. The highest BCUT2D eigenvalue weighted by atomic mass is 16.7. The molecule has 0 spiro atoms. The van der Waals surface area contributed by atoms with Gasteiger partial charge in [-0.1, -0.05) is 43.3 Å². The van der Waals surface area contributed by atoms with Crippen molar-refractivity contribution in [1.29, 1.82) is 5.26 Å². The summed E-state index contributed by atoms with van der Waals surface area (Å²) in [6.07, 6.45) is 2.67. The first kappa shape index (κ1) is 20.2. The first-order valence-corrected chi connectivity index (χ1v) is 9.50. The van der Waals surface area contributed by atoms with Crippen molar-refractivity contribution in [2.45, 2.75) is 33.1 Å². The lowest BCUT2D eigenvalue weighted by Gasteiger charge is -2.10. The summed E-state index contributed by atoms with van der Waals surface area (Å²) >= 11 is 0. The minimum atomic E-state index is -0.666. The second-order valence-corrected chi connectivity index (χ2v) is 6.96. The molecule has 0 aliphatic heterocycles. The number of nitriles is 1. The van der Waals surface area contributed by atoms with Crippen LogP contribution in [0.4, 0.5) is 0 Å². The van der Waals surface area contributed by atoms with E-state index >= 15 is 0 Å². The maximum atomic E-state index is 12.4. The molecule has 2 aromatic carbocycles. The zero-order valence-electron chi connectivity index (χ0n) is 16.7. The number of allylic oxidation sites excluding steroid dienone is 1. The molecule has 0 amide bonds. The molecule has 0 aromatic heterocycles. The molecule has 6 nitrogen and oxygen atoms in total. The monoisotopic (exact) mass is 389 g/mol. The number of oxime groups is 1. The summed E-state index contributed by atoms with van der Waals surface area (Å²) in [5.74, 6) is 0.447. The second kappa shape index (κ2) is 8.61. The van der Waals surface area contributed by atoms with Gasteiger partial charge in [-0.05, 0) is 48.6 Å². The molecule has 0 heterocycles. The maximum Gasteiger partial charge on any atom is 0.365 e. The summed E-state index contributed by atoms with van der Waals surface area (Å²) in [6.45, 7) is 6.49. The Morgan fingerprint density at radius 3 is 2.79 bits per heavy atom. The Hall–Kier alpha value is -3.59. The first-order chi connectivity index (χ1) is 14.0. The highest BCUT2D eigenvalue weighted by molar-refractivity contribution is 6.01. The summed E-state index contributed by atoms with van der Waals surface area (Å²) in [4.78, 5) is 17.4. The van der Waals surface area contributed by atoms with Gasteiger partial charge in [0, 0.05) is 11.1 Å². The van der Waals surface area contributed by atoms with Crippen LogP contribution in [0.3, 0.4) is 0 Å². The molecule has 0 saturated heterocycles. The van der Waals surface area contributed by atoms with E-state index in [9.17, 15) is 10.1 Å². The number of hydrogen-bond acceptors (Lipinski definition) is 5. The maximum absolute atomic E-state index is 12.4. The molecule has 148 valence electrons. The minimum Gasteiger partial charge on any atom is -0.494 e. The number of nitrogens with two attached hydrogens (primary N) is 1. The van der Waals surface area contributed by atoms with Gasteiger partial charge < -0.3 is 15.3 Å². The number of fused-ring (bicyclic) bond motifs is 1. The van der Waals surface area contributed by atoms with E-state index in [2.05, 4.69) is 11.2 Å². The molecule has 2 aromatic rings. The summed E-state index contributed by atoms with van der Waals surface area (Å²) in [5, 5.41) is 13.2. The van der Waals surface area contributed by atoms with Crippen LogP contribution >= 0.6 is 0 Å². The molecule has 0 fully saturated rings. The molecule has 0 saturated carbocycles. The van der Waals surface area contributed by atoms with Gasteiger partial charge in [0.05, 0.1) is 23.8 Å². The molecule has 29 heavy (non-hydrogen) atoms. The van der Waals surface area contributed by atoms with Crippen LogP contribution < -0.4 is 5.73 Å². The quantitative estimate of drug-likeness (QED) is 0.347. The average Bonchev–Trinajstić information content (AvgIpc) is 3.14. The van der Waals surface area contributed by atoms with Crippen LogP contribution in [-0.4, -0.2) is 18.4 Å². The van der Waals surface area contributed by atoms with Crippen molar-refractivity contribution >= 4 is 17.6 Å². The van der Waals surface area contributed by atoms with Crippen molar-refractivity contribution in [3.8, 4) is 6.07 Å². The highest BCUT2D eigenvalue weighted by Crippen LogP contribution is 2.30. The lowest BCUT2D eigenvalue weighted by atomic mass is 9.96. The fourth-order valence-corrected chi connectivity index (χ4v) is 3.35. The van der Waals surface area contributed by atoms with Gasteiger partial charge >= 0.3 is 5.97 Å². The van der Waals surface area contributed by atoms with Crippen molar-refractivity contribution in [3.63, 3.8) is 0 Å². The lowest BCUT2D eigenvalue weighted by Crippen LogP contribution is -2.17. The van der Waals surface area contributed by atoms with Crippen molar-refractivity contribution in [2.75, 3.05) is 6.61 Å². The third-order valence-corrected chi connectivity index (χ3v) is 4.77. The molecular formula is C23H23N3O3. The van der Waals surface area contributed by atoms with E-state index in [-0.39, 0.29) is 17.3 Å². The average molecular weight is 389 g/mol. The van der Waals surface area contributed by atoms with Crippen molar-refractivity contribution in [3.05, 3.63) is 75.9 Å². The van der Waals surface area contributed by atoms with Crippen LogP contribution in [0.2, 0.25) is 0 Å². The number of carbonyl (C=O) groups is 1. The predicted molar refractivity (Wildman–Crippen MR) is 111 cm³/mol. The normalized spacial score (nSPS) is 12.9. The SMILES string of the molecule is CCOC1=CCc2c1cccc2/C(N)=N/OC(=O)c1ccc(C(C)C)c(C#N)c1. The third-order valence-electron chi connectivity index (χ3n) is 4.77. The highest BCUT2D eigenvalue weighted by Gasteiger charge is 2.20. The summed E-state index contributed by atoms with van der Waals surface area (Å²) in [7, 11) is 0. The molecule has 1 aliphatic carbocycles. The number of benzene rings is 2. The molecule has 2 N–H and O–H groups in total. The van der Waals surface area contributed by atoms with Gasteiger partial charge in [0.15, 0.2) is 5.84 Å². The minimum absolute atomic E-state index is 0.112. The van der Waals surface area contributed by atoms with E-state index in [0.29, 0.717) is 24.2 Å². The molecule has 6 heteroatoms. The van der Waals surface area contributed by atoms with E-state index in [0.717, 1.165) is 22.4 Å². The molecule has 1 aliphatic rings. The largest absolute Gasteiger partial charge is 0.494 e. The Labute approximate surface area is 170 Å². The van der Waals surface area contributed by atoms with Crippen molar-refractivity contribution < 1.29 is 14.4 Å². The molecule has 3 rings (SSSR count). The van der Waals surface area contributed by atoms with E-state index in [1.807, 2.05) is 45.0 Å². The van der Waals surface area contributed by atoms with Crippen LogP contribution in [0.5, 0.6) is 0 Å². The number of ether oxygens (including phenoxy) is 1. The molecule has 0 atom stereocenters. The Bertz CT molecular complexity index is 1050. The van der Waals surface area contributed by atoms with Gasteiger partial charge in [0.2, 0.25) is 0 Å². The number of carbonyl (C=O) groups excluding carboxylic acids is 1. The Balaban J connectivity index is 1.80. The van der Waals surface area contributed by atoms with Crippen LogP contribution in [0, 0.1) is 11.3 Å². The Morgan fingerprint density at radius 2 is 2.10 bits per heavy atom. The Kier molecular flexibility index (Phi) is 5.99. The summed E-state index contributed by atoms with van der Waals surface area (Å²) in [6, 6.07) is 12.7. The summed E-state index contributed by atoms with van der Waals surface area (Å²) in [5.41, 5.74) is 10.3. The molecule has 0 unspecified atom stereocenters. The molecule has 0 radical (unpaired) electrons. The zero-order chi connectivity index (χ0) is 21.0.